The maximum absolute atomic E-state index is 13.0. The average Bonchev–Trinajstić information content (AvgIpc) is 2.44. The second-order valence-electron chi connectivity index (χ2n) is 4.48. The molecule has 2 aromatic rings. The van der Waals surface area contributed by atoms with Crippen LogP contribution in [0.4, 0.5) is 4.39 Å². The molecule has 0 saturated carbocycles. The van der Waals surface area contributed by atoms with E-state index in [1.807, 2.05) is 4.99 Å². The molecule has 19 heavy (non-hydrogen) atoms. The minimum atomic E-state index is -0.212. The highest BCUT2D eigenvalue weighted by molar-refractivity contribution is 9.11. The van der Waals surface area contributed by atoms with Gasteiger partial charge in [-0.1, -0.05) is 65.7 Å². The molecule has 0 amide bonds. The number of halogens is 2. The van der Waals surface area contributed by atoms with Crippen LogP contribution < -0.4 is 0 Å². The predicted molar refractivity (Wildman–Crippen MR) is 82.8 cm³/mol. The number of hydrogen-bond acceptors (Lipinski definition) is 0. The molecule has 98 valence electrons. The highest BCUT2D eigenvalue weighted by Gasteiger charge is 2.05. The van der Waals surface area contributed by atoms with E-state index < -0.39 is 0 Å². The first-order valence-electron chi connectivity index (χ1n) is 6.40. The van der Waals surface area contributed by atoms with Crippen LogP contribution >= 0.6 is 15.9 Å². The van der Waals surface area contributed by atoms with Crippen LogP contribution in [-0.4, -0.2) is 0 Å². The highest BCUT2D eigenvalue weighted by atomic mass is 79.9. The van der Waals surface area contributed by atoms with Gasteiger partial charge in [-0.3, -0.25) is 0 Å². The molecule has 0 aromatic heterocycles. The van der Waals surface area contributed by atoms with Crippen LogP contribution in [0.5, 0.6) is 0 Å². The van der Waals surface area contributed by atoms with Gasteiger partial charge in [-0.05, 0) is 45.8 Å². The summed E-state index contributed by atoms with van der Waals surface area (Å²) >= 11 is 3.40. The van der Waals surface area contributed by atoms with Crippen molar-refractivity contribution in [1.29, 1.82) is 0 Å². The fraction of sp³-hybridized carbons (Fsp3) is 0.176. The van der Waals surface area contributed by atoms with Crippen LogP contribution in [0.3, 0.4) is 0 Å². The third-order valence-corrected chi connectivity index (χ3v) is 3.53. The fourth-order valence-corrected chi connectivity index (χ4v) is 2.59. The molecule has 0 aliphatic rings. The van der Waals surface area contributed by atoms with E-state index in [0.717, 1.165) is 29.5 Å². The lowest BCUT2D eigenvalue weighted by atomic mass is 9.98. The highest BCUT2D eigenvalue weighted by Crippen LogP contribution is 2.25. The Hall–Kier alpha value is -1.41. The Balaban J connectivity index is 2.29. The Kier molecular flexibility index (Phi) is 4.92. The lowest BCUT2D eigenvalue weighted by Gasteiger charge is -2.08. The van der Waals surface area contributed by atoms with Gasteiger partial charge in [0.25, 0.3) is 0 Å². The lowest BCUT2D eigenvalue weighted by Crippen LogP contribution is -1.89. The molecule has 0 unspecified atom stereocenters. The molecule has 0 heterocycles. The van der Waals surface area contributed by atoms with Gasteiger partial charge in [0.15, 0.2) is 0 Å². The van der Waals surface area contributed by atoms with Crippen molar-refractivity contribution in [3.8, 4) is 0 Å². The van der Waals surface area contributed by atoms with Crippen molar-refractivity contribution in [2.45, 2.75) is 19.8 Å². The smallest absolute Gasteiger partial charge is 0.123 e. The van der Waals surface area contributed by atoms with E-state index in [1.54, 1.807) is 12.1 Å². The molecule has 0 fully saturated rings. The van der Waals surface area contributed by atoms with Crippen LogP contribution in [0.25, 0.3) is 5.57 Å². The summed E-state index contributed by atoms with van der Waals surface area (Å²) in [7, 11) is 0. The van der Waals surface area contributed by atoms with Crippen molar-refractivity contribution in [2.75, 3.05) is 0 Å². The minimum Gasteiger partial charge on any atom is -0.207 e. The van der Waals surface area contributed by atoms with Crippen molar-refractivity contribution in [3.63, 3.8) is 0 Å². The Morgan fingerprint density at radius 2 is 1.53 bits per heavy atom. The van der Waals surface area contributed by atoms with E-state index in [-0.39, 0.29) is 5.82 Å². The molecule has 0 bridgehead atoms. The maximum atomic E-state index is 13.0. The van der Waals surface area contributed by atoms with Gasteiger partial charge in [0.05, 0.1) is 0 Å². The van der Waals surface area contributed by atoms with Crippen molar-refractivity contribution >= 4 is 21.5 Å². The monoisotopic (exact) mass is 318 g/mol. The molecule has 0 atom stereocenters. The van der Waals surface area contributed by atoms with Crippen LogP contribution in [0.15, 0.2) is 53.5 Å². The Bertz CT molecular complexity index is 553. The molecule has 0 nitrogen and oxygen atoms in total. The lowest BCUT2D eigenvalue weighted by molar-refractivity contribution is 0.627. The van der Waals surface area contributed by atoms with Crippen LogP contribution in [0, 0.1) is 5.82 Å². The van der Waals surface area contributed by atoms with E-state index in [2.05, 4.69) is 47.1 Å². The topological polar surface area (TPSA) is 0 Å². The van der Waals surface area contributed by atoms with E-state index in [0.29, 0.717) is 0 Å². The number of rotatable bonds is 4. The molecule has 0 saturated heterocycles. The van der Waals surface area contributed by atoms with Crippen LogP contribution in [-0.2, 0) is 6.42 Å². The normalized spacial score (nSPS) is 11.6. The first-order valence-corrected chi connectivity index (χ1v) is 7.31. The van der Waals surface area contributed by atoms with Crippen molar-refractivity contribution in [3.05, 3.63) is 76.0 Å². The molecular formula is C17H16BrF. The van der Waals surface area contributed by atoms with E-state index in [1.165, 1.54) is 17.7 Å². The van der Waals surface area contributed by atoms with Gasteiger partial charge in [-0.15, -0.1) is 0 Å². The van der Waals surface area contributed by atoms with Gasteiger partial charge in [0.2, 0.25) is 0 Å². The zero-order valence-corrected chi connectivity index (χ0v) is 12.5. The standard InChI is InChI=1S/C17H16BrF/c1-2-3-13-4-6-14(7-5-13)17(12-18)15-8-10-16(19)11-9-15/h4-12H,2-3H2,1H3. The van der Waals surface area contributed by atoms with Crippen molar-refractivity contribution < 1.29 is 4.39 Å². The minimum absolute atomic E-state index is 0.212. The van der Waals surface area contributed by atoms with Gasteiger partial charge in [-0.25, -0.2) is 4.39 Å². The quantitative estimate of drug-likeness (QED) is 0.692. The summed E-state index contributed by atoms with van der Waals surface area (Å²) in [6.07, 6.45) is 2.25. The first-order chi connectivity index (χ1) is 9.24. The largest absolute Gasteiger partial charge is 0.207 e. The Morgan fingerprint density at radius 1 is 1.00 bits per heavy atom. The maximum Gasteiger partial charge on any atom is 0.123 e. The molecule has 0 aliphatic heterocycles. The molecule has 0 spiro atoms. The van der Waals surface area contributed by atoms with Crippen LogP contribution in [0.1, 0.15) is 30.0 Å². The number of benzene rings is 2. The van der Waals surface area contributed by atoms with Crippen LogP contribution in [0.2, 0.25) is 0 Å². The molecule has 2 aromatic carbocycles. The van der Waals surface area contributed by atoms with Gasteiger partial charge in [0, 0.05) is 0 Å². The third kappa shape index (κ3) is 3.54. The Labute approximate surface area is 122 Å². The SMILES string of the molecule is CCCc1ccc(C(=CBr)c2ccc(F)cc2)cc1. The summed E-state index contributed by atoms with van der Waals surface area (Å²) in [4.78, 5) is 1.88. The summed E-state index contributed by atoms with van der Waals surface area (Å²) in [6, 6.07) is 15.1. The van der Waals surface area contributed by atoms with Gasteiger partial charge in [0.1, 0.15) is 5.82 Å². The molecule has 0 aliphatic carbocycles. The molecule has 0 N–H and O–H groups in total. The molecular weight excluding hydrogens is 303 g/mol. The number of aryl methyl sites for hydroxylation is 1. The predicted octanol–water partition coefficient (Wildman–Crippen LogP) is 5.56. The molecule has 2 rings (SSSR count). The second kappa shape index (κ2) is 6.67. The third-order valence-electron chi connectivity index (χ3n) is 3.07. The number of hydrogen-bond donors (Lipinski definition) is 0. The van der Waals surface area contributed by atoms with Gasteiger partial charge in [-0.2, -0.15) is 0 Å². The summed E-state index contributed by atoms with van der Waals surface area (Å²) in [5, 5.41) is 0. The summed E-state index contributed by atoms with van der Waals surface area (Å²) < 4.78 is 13.0. The van der Waals surface area contributed by atoms with Crippen molar-refractivity contribution in [1.82, 2.24) is 0 Å². The summed E-state index contributed by atoms with van der Waals surface area (Å²) in [6.45, 7) is 2.18. The zero-order valence-electron chi connectivity index (χ0n) is 10.9. The summed E-state index contributed by atoms with van der Waals surface area (Å²) in [5.74, 6) is -0.212. The van der Waals surface area contributed by atoms with Crippen molar-refractivity contribution in [2.24, 2.45) is 0 Å². The molecule has 0 radical (unpaired) electrons. The van der Waals surface area contributed by atoms with E-state index >= 15 is 0 Å². The van der Waals surface area contributed by atoms with Gasteiger partial charge >= 0.3 is 0 Å². The average molecular weight is 319 g/mol. The first kappa shape index (κ1) is 14.0. The molecule has 2 heteroatoms. The summed E-state index contributed by atoms with van der Waals surface area (Å²) in [5.41, 5.74) is 4.53. The van der Waals surface area contributed by atoms with Gasteiger partial charge < -0.3 is 0 Å². The Morgan fingerprint density at radius 3 is 2.00 bits per heavy atom. The van der Waals surface area contributed by atoms with E-state index in [4.69, 9.17) is 0 Å². The van der Waals surface area contributed by atoms with E-state index in [9.17, 15) is 4.39 Å². The second-order valence-corrected chi connectivity index (χ2v) is 4.93. The zero-order chi connectivity index (χ0) is 13.7. The fourth-order valence-electron chi connectivity index (χ4n) is 2.06.